The third-order valence-corrected chi connectivity index (χ3v) is 7.54. The van der Waals surface area contributed by atoms with Crippen LogP contribution in [0.4, 0.5) is 0 Å². The molecule has 1 atom stereocenters. The fourth-order valence-corrected chi connectivity index (χ4v) is 4.46. The predicted octanol–water partition coefficient (Wildman–Crippen LogP) is 2.47. The Kier molecular flexibility index (Phi) is 70.8. The number of carboxylic acid groups (broad SMARTS) is 2. The first-order chi connectivity index (χ1) is 26.7. The van der Waals surface area contributed by atoms with Crippen LogP contribution in [0.25, 0.3) is 0 Å². The summed E-state index contributed by atoms with van der Waals surface area (Å²) in [4.78, 5) is 58.0. The van der Waals surface area contributed by atoms with Crippen LogP contribution in [0.1, 0.15) is 157 Å². The molecule has 0 spiro atoms. The Bertz CT molecular complexity index is 878. The maximum Gasteiger partial charge on any atom is 1.00 e. The van der Waals surface area contributed by atoms with Gasteiger partial charge in [0.05, 0.1) is 39.6 Å². The van der Waals surface area contributed by atoms with Crippen LogP contribution in [0, 0.1) is 0 Å². The van der Waals surface area contributed by atoms with Crippen LogP contribution in [0.3, 0.4) is 0 Å². The van der Waals surface area contributed by atoms with Crippen LogP contribution in [0.5, 0.6) is 0 Å². The zero-order chi connectivity index (χ0) is 42.2. The van der Waals surface area contributed by atoms with Gasteiger partial charge in [-0.05, 0) is 26.1 Å². The van der Waals surface area contributed by atoms with Gasteiger partial charge in [-0.2, -0.15) is 13.5 Å². The molecule has 0 aliphatic rings. The van der Waals surface area contributed by atoms with Crippen LogP contribution < -0.4 is 72.4 Å². The van der Waals surface area contributed by atoms with Crippen LogP contribution in [-0.2, 0) is 42.9 Å². The summed E-state index contributed by atoms with van der Waals surface area (Å²) < 4.78 is 20.3. The van der Waals surface area contributed by atoms with E-state index in [0.717, 1.165) is 51.4 Å². The zero-order valence-corrected chi connectivity index (χ0v) is 41.0. The molecule has 0 aromatic heterocycles. The van der Waals surface area contributed by atoms with Crippen molar-refractivity contribution in [2.45, 2.75) is 163 Å². The molecule has 0 aliphatic carbocycles. The molecule has 3 amide bonds. The van der Waals surface area contributed by atoms with Crippen molar-refractivity contribution in [2.24, 2.45) is 0 Å². The molecular formula is C40H82KN3O12S. The molecule has 0 aromatic carbocycles. The van der Waals surface area contributed by atoms with E-state index in [-0.39, 0.29) is 154 Å². The molecule has 0 saturated carbocycles. The van der Waals surface area contributed by atoms with Gasteiger partial charge in [-0.3, -0.25) is 19.2 Å². The van der Waals surface area contributed by atoms with Crippen molar-refractivity contribution in [2.75, 3.05) is 66.1 Å². The Hall–Kier alpha value is -0.864. The number of carbonyl (C=O) groups is 5. The summed E-state index contributed by atoms with van der Waals surface area (Å²) in [7, 11) is 0. The molecule has 0 heterocycles. The van der Waals surface area contributed by atoms with Gasteiger partial charge < -0.3 is 50.2 Å². The number of hydrogen-bond donors (Lipinski definition) is 5. The second kappa shape index (κ2) is 59.4. The van der Waals surface area contributed by atoms with E-state index < -0.39 is 24.8 Å². The Labute approximate surface area is 394 Å². The fraction of sp³-hybridized carbons (Fsp3) is 0.875. The quantitative estimate of drug-likeness (QED) is 0.0349. The van der Waals surface area contributed by atoms with E-state index in [2.05, 4.69) is 34.5 Å². The van der Waals surface area contributed by atoms with Gasteiger partial charge in [0.15, 0.2) is 0 Å². The summed E-state index contributed by atoms with van der Waals surface area (Å²) in [6, 6.07) is -1.13. The topological polar surface area (TPSA) is 222 Å². The number of carboxylic acids is 2. The first-order valence-electron chi connectivity index (χ1n) is 20.8. The molecule has 1 unspecified atom stereocenters. The van der Waals surface area contributed by atoms with Crippen molar-refractivity contribution in [1.82, 2.24) is 16.0 Å². The van der Waals surface area contributed by atoms with Crippen molar-refractivity contribution >= 4 is 43.2 Å². The normalized spacial score (nSPS) is 10.3. The monoisotopic (exact) mass is 868 g/mol. The standard InChI is InChI=1S/C32H58N3O12.C4H10.2C2H6.K.H2S/c36-26-47-24-22-45-20-18-34-30(39)25-46-23-21-44-19-17-33-28(37)16-15-27(32(42)43)35-29(38)13-11-9-7-5-3-1-2-4-6-8-10-12-14-31(40)41;1-3-4-2;2*1-2;;/h27H,1-26H2,(H,33,37)(H,34,39)(H,35,38)(H,40,41)(H,42,43);3-4H2,1-2H3;2*1-2H3;;1H2/q-1;;;;+1;. The number of nitrogens with one attached hydrogen (secondary N) is 3. The molecule has 57 heavy (non-hydrogen) atoms. The summed E-state index contributed by atoms with van der Waals surface area (Å²) in [5.74, 6) is -2.89. The van der Waals surface area contributed by atoms with Crippen molar-refractivity contribution in [3.8, 4) is 0 Å². The van der Waals surface area contributed by atoms with E-state index >= 15 is 0 Å². The summed E-state index contributed by atoms with van der Waals surface area (Å²) in [5.41, 5.74) is 0. The maximum absolute atomic E-state index is 12.2. The van der Waals surface area contributed by atoms with E-state index in [1.807, 2.05) is 27.7 Å². The van der Waals surface area contributed by atoms with Gasteiger partial charge in [0.1, 0.15) is 12.6 Å². The first-order valence-corrected chi connectivity index (χ1v) is 20.8. The van der Waals surface area contributed by atoms with Gasteiger partial charge in [0.25, 0.3) is 0 Å². The van der Waals surface area contributed by atoms with Gasteiger partial charge in [-0.1, -0.05) is 119 Å². The van der Waals surface area contributed by atoms with Crippen LogP contribution in [-0.4, -0.2) is 112 Å². The minimum absolute atomic E-state index is 0. The smallest absolute Gasteiger partial charge is 0.834 e. The van der Waals surface area contributed by atoms with Crippen molar-refractivity contribution < 1.29 is 110 Å². The fourth-order valence-electron chi connectivity index (χ4n) is 4.46. The van der Waals surface area contributed by atoms with E-state index in [1.54, 1.807) is 0 Å². The van der Waals surface area contributed by atoms with Crippen LogP contribution in [0.15, 0.2) is 0 Å². The first kappa shape index (κ1) is 67.9. The van der Waals surface area contributed by atoms with Gasteiger partial charge in [0.2, 0.25) is 17.7 Å². The van der Waals surface area contributed by atoms with Crippen molar-refractivity contribution in [3.63, 3.8) is 0 Å². The summed E-state index contributed by atoms with van der Waals surface area (Å²) >= 11 is 0. The Morgan fingerprint density at radius 3 is 1.37 bits per heavy atom. The summed E-state index contributed by atoms with van der Waals surface area (Å²) in [5, 5.41) is 35.9. The Balaban J connectivity index is -0.000000598. The van der Waals surface area contributed by atoms with E-state index in [1.165, 1.54) is 32.1 Å². The maximum atomic E-state index is 12.2. The molecule has 0 aromatic rings. The number of unbranched alkanes of at least 4 members (excludes halogenated alkanes) is 12. The molecule has 0 rings (SSSR count). The SMILES string of the molecule is CC.CC.CCCC.O=C(O)CCCCCCCCCCCCCCC(=O)NC(CCC(=O)NCCOCCOCC(=O)NCCOCCOC[O-])C(=O)O.S.[K+]. The molecule has 5 N–H and O–H groups in total. The van der Waals surface area contributed by atoms with Crippen molar-refractivity contribution in [1.29, 1.82) is 0 Å². The van der Waals surface area contributed by atoms with Crippen LogP contribution in [0.2, 0.25) is 0 Å². The van der Waals surface area contributed by atoms with Gasteiger partial charge >= 0.3 is 63.3 Å². The number of carbonyl (C=O) groups excluding carboxylic acids is 3. The number of hydrogen-bond acceptors (Lipinski definition) is 10. The second-order valence-corrected chi connectivity index (χ2v) is 12.1. The molecule has 17 heteroatoms. The number of amides is 3. The molecule has 0 fully saturated rings. The second-order valence-electron chi connectivity index (χ2n) is 12.1. The Morgan fingerprint density at radius 1 is 0.544 bits per heavy atom. The average Bonchev–Trinajstić information content (AvgIpc) is 3.18. The molecule has 0 bridgehead atoms. The molecular weight excluding hydrogens is 786 g/mol. The molecule has 336 valence electrons. The molecule has 0 saturated heterocycles. The van der Waals surface area contributed by atoms with Crippen molar-refractivity contribution in [3.05, 3.63) is 0 Å². The Morgan fingerprint density at radius 2 is 0.947 bits per heavy atom. The van der Waals surface area contributed by atoms with Gasteiger partial charge in [0, 0.05) is 32.4 Å². The zero-order valence-electron chi connectivity index (χ0n) is 36.9. The number of ether oxygens (including phenoxy) is 4. The largest absolute Gasteiger partial charge is 1.00 e. The van der Waals surface area contributed by atoms with E-state index in [9.17, 15) is 34.2 Å². The number of rotatable bonds is 36. The molecule has 0 radical (unpaired) electrons. The number of aliphatic carboxylic acids is 2. The van der Waals surface area contributed by atoms with E-state index in [0.29, 0.717) is 19.6 Å². The molecule has 15 nitrogen and oxygen atoms in total. The van der Waals surface area contributed by atoms with Gasteiger partial charge in [-0.25, -0.2) is 4.79 Å². The predicted molar refractivity (Wildman–Crippen MR) is 224 cm³/mol. The van der Waals surface area contributed by atoms with E-state index in [4.69, 9.17) is 19.3 Å². The summed E-state index contributed by atoms with van der Waals surface area (Å²) in [6.07, 6.45) is 15.5. The summed E-state index contributed by atoms with van der Waals surface area (Å²) in [6.45, 7) is 13.5. The molecule has 0 aliphatic heterocycles. The minimum atomic E-state index is -1.18. The average molecular weight is 868 g/mol. The third-order valence-electron chi connectivity index (χ3n) is 7.54. The van der Waals surface area contributed by atoms with Gasteiger partial charge in [-0.15, -0.1) is 0 Å². The minimum Gasteiger partial charge on any atom is -0.834 e. The van der Waals surface area contributed by atoms with Crippen LogP contribution >= 0.6 is 13.5 Å². The third kappa shape index (κ3) is 61.9.